The van der Waals surface area contributed by atoms with E-state index in [1.54, 1.807) is 6.07 Å². The maximum absolute atomic E-state index is 9.70. The highest BCUT2D eigenvalue weighted by Gasteiger charge is 2.26. The largest absolute Gasteiger partial charge is 0.504 e. The van der Waals surface area contributed by atoms with Gasteiger partial charge in [-0.1, -0.05) is 12.1 Å². The minimum absolute atomic E-state index is 0.0318. The summed E-state index contributed by atoms with van der Waals surface area (Å²) in [5.41, 5.74) is 0.772. The van der Waals surface area contributed by atoms with Gasteiger partial charge in [0.25, 0.3) is 0 Å². The van der Waals surface area contributed by atoms with Gasteiger partial charge in [0.15, 0.2) is 11.5 Å². The Labute approximate surface area is 101 Å². The first-order chi connectivity index (χ1) is 8.11. The highest BCUT2D eigenvalue weighted by Crippen LogP contribution is 2.29. The van der Waals surface area contributed by atoms with Gasteiger partial charge in [0.1, 0.15) is 0 Å². The summed E-state index contributed by atoms with van der Waals surface area (Å²) in [5.74, 6) is -0.0999. The molecular weight excluding hydrogens is 218 g/mol. The van der Waals surface area contributed by atoms with Gasteiger partial charge in [-0.2, -0.15) is 0 Å². The van der Waals surface area contributed by atoms with Crippen molar-refractivity contribution in [1.82, 2.24) is 5.32 Å². The molecule has 1 aromatic rings. The van der Waals surface area contributed by atoms with Gasteiger partial charge in [-0.25, -0.2) is 0 Å². The molecule has 0 spiro atoms. The van der Waals surface area contributed by atoms with Gasteiger partial charge in [-0.15, -0.1) is 0 Å². The molecule has 4 nitrogen and oxygen atoms in total. The summed E-state index contributed by atoms with van der Waals surface area (Å²) >= 11 is 0. The lowest BCUT2D eigenvalue weighted by molar-refractivity contribution is 0.0445. The van der Waals surface area contributed by atoms with Crippen molar-refractivity contribution in [2.24, 2.45) is 0 Å². The SMILES string of the molecule is CC1(NCc2cccc(O)c2O)CCOCC1. The Kier molecular flexibility index (Phi) is 3.54. The number of para-hydroxylation sites is 1. The summed E-state index contributed by atoms with van der Waals surface area (Å²) < 4.78 is 5.33. The van der Waals surface area contributed by atoms with Crippen LogP contribution in [0.25, 0.3) is 0 Å². The Morgan fingerprint density at radius 2 is 2.00 bits per heavy atom. The summed E-state index contributed by atoms with van der Waals surface area (Å²) in [5, 5.41) is 22.5. The molecule has 0 saturated carbocycles. The minimum Gasteiger partial charge on any atom is -0.504 e. The van der Waals surface area contributed by atoms with Crippen molar-refractivity contribution in [3.8, 4) is 11.5 Å². The molecule has 1 aliphatic heterocycles. The van der Waals surface area contributed by atoms with Crippen LogP contribution >= 0.6 is 0 Å². The molecule has 1 aliphatic rings. The fourth-order valence-electron chi connectivity index (χ4n) is 2.03. The Hall–Kier alpha value is -1.26. The minimum atomic E-state index is -0.0681. The second-order valence-corrected chi connectivity index (χ2v) is 4.81. The van der Waals surface area contributed by atoms with E-state index in [2.05, 4.69) is 12.2 Å². The van der Waals surface area contributed by atoms with Crippen LogP contribution in [0.2, 0.25) is 0 Å². The van der Waals surface area contributed by atoms with E-state index >= 15 is 0 Å². The number of phenols is 2. The molecule has 0 aliphatic carbocycles. The molecule has 0 radical (unpaired) electrons. The number of nitrogens with one attached hydrogen (secondary N) is 1. The first-order valence-corrected chi connectivity index (χ1v) is 5.93. The predicted octanol–water partition coefficient (Wildman–Crippen LogP) is 1.76. The van der Waals surface area contributed by atoms with E-state index in [9.17, 15) is 10.2 Å². The number of aromatic hydroxyl groups is 2. The van der Waals surface area contributed by atoms with E-state index in [0.717, 1.165) is 31.6 Å². The molecule has 1 aromatic carbocycles. The van der Waals surface area contributed by atoms with Crippen molar-refractivity contribution in [3.63, 3.8) is 0 Å². The van der Waals surface area contributed by atoms with Crippen LogP contribution in [-0.2, 0) is 11.3 Å². The molecule has 94 valence electrons. The van der Waals surface area contributed by atoms with Crippen molar-refractivity contribution < 1.29 is 14.9 Å². The smallest absolute Gasteiger partial charge is 0.161 e. The fraction of sp³-hybridized carbons (Fsp3) is 0.538. The number of ether oxygens (including phenoxy) is 1. The first-order valence-electron chi connectivity index (χ1n) is 5.93. The molecule has 1 saturated heterocycles. The van der Waals surface area contributed by atoms with Crippen LogP contribution in [0, 0.1) is 0 Å². The summed E-state index contributed by atoms with van der Waals surface area (Å²) in [6.07, 6.45) is 1.93. The van der Waals surface area contributed by atoms with Gasteiger partial charge in [0, 0.05) is 30.9 Å². The molecule has 17 heavy (non-hydrogen) atoms. The quantitative estimate of drug-likeness (QED) is 0.701. The zero-order valence-electron chi connectivity index (χ0n) is 10.1. The van der Waals surface area contributed by atoms with Crippen LogP contribution in [0.1, 0.15) is 25.3 Å². The molecule has 1 fully saturated rings. The molecule has 1 heterocycles. The molecule has 0 atom stereocenters. The monoisotopic (exact) mass is 237 g/mol. The van der Waals surface area contributed by atoms with E-state index < -0.39 is 0 Å². The van der Waals surface area contributed by atoms with E-state index in [1.807, 2.05) is 6.07 Å². The van der Waals surface area contributed by atoms with Crippen LogP contribution in [0.4, 0.5) is 0 Å². The highest BCUT2D eigenvalue weighted by molar-refractivity contribution is 5.44. The zero-order valence-corrected chi connectivity index (χ0v) is 10.1. The third-order valence-electron chi connectivity index (χ3n) is 3.40. The molecule has 3 N–H and O–H groups in total. The molecule has 4 heteroatoms. The second-order valence-electron chi connectivity index (χ2n) is 4.81. The zero-order chi connectivity index (χ0) is 12.3. The molecule has 0 aromatic heterocycles. The van der Waals surface area contributed by atoms with Gasteiger partial charge in [0.2, 0.25) is 0 Å². The lowest BCUT2D eigenvalue weighted by Gasteiger charge is -2.34. The van der Waals surface area contributed by atoms with Gasteiger partial charge < -0.3 is 20.3 Å². The third kappa shape index (κ3) is 2.90. The number of phenolic OH excluding ortho intramolecular Hbond substituents is 2. The summed E-state index contributed by atoms with van der Waals surface area (Å²) in [4.78, 5) is 0. The fourth-order valence-corrected chi connectivity index (χ4v) is 2.03. The van der Waals surface area contributed by atoms with Crippen LogP contribution in [-0.4, -0.2) is 29.0 Å². The van der Waals surface area contributed by atoms with Crippen molar-refractivity contribution in [2.75, 3.05) is 13.2 Å². The molecule has 0 amide bonds. The van der Waals surface area contributed by atoms with Crippen LogP contribution < -0.4 is 5.32 Å². The standard InChI is InChI=1S/C13H19NO3/c1-13(5-7-17-8-6-13)14-9-10-3-2-4-11(15)12(10)16/h2-4,14-16H,5-9H2,1H3. The van der Waals surface area contributed by atoms with Gasteiger partial charge in [0.05, 0.1) is 0 Å². The molecule has 0 bridgehead atoms. The van der Waals surface area contributed by atoms with Crippen LogP contribution in [0.5, 0.6) is 11.5 Å². The van der Waals surface area contributed by atoms with Gasteiger partial charge in [-0.05, 0) is 25.8 Å². The van der Waals surface area contributed by atoms with Crippen molar-refractivity contribution in [3.05, 3.63) is 23.8 Å². The average molecular weight is 237 g/mol. The van der Waals surface area contributed by atoms with Crippen molar-refractivity contribution in [1.29, 1.82) is 0 Å². The van der Waals surface area contributed by atoms with E-state index in [1.165, 1.54) is 6.07 Å². The molecular formula is C13H19NO3. The van der Waals surface area contributed by atoms with Crippen LogP contribution in [0.3, 0.4) is 0 Å². The Bertz CT molecular complexity index is 386. The maximum atomic E-state index is 9.70. The number of hydrogen-bond donors (Lipinski definition) is 3. The molecule has 2 rings (SSSR count). The Balaban J connectivity index is 1.99. The third-order valence-corrected chi connectivity index (χ3v) is 3.40. The summed E-state index contributed by atoms with van der Waals surface area (Å²) in [7, 11) is 0. The first kappa shape index (κ1) is 12.2. The predicted molar refractivity (Wildman–Crippen MR) is 65.1 cm³/mol. The van der Waals surface area contributed by atoms with E-state index in [4.69, 9.17) is 4.74 Å². The number of hydrogen-bond acceptors (Lipinski definition) is 4. The van der Waals surface area contributed by atoms with Gasteiger partial charge in [-0.3, -0.25) is 0 Å². The second kappa shape index (κ2) is 4.94. The van der Waals surface area contributed by atoms with Gasteiger partial charge >= 0.3 is 0 Å². The van der Waals surface area contributed by atoms with Crippen molar-refractivity contribution in [2.45, 2.75) is 31.8 Å². The summed E-state index contributed by atoms with van der Waals surface area (Å²) in [6, 6.07) is 5.03. The molecule has 0 unspecified atom stereocenters. The maximum Gasteiger partial charge on any atom is 0.161 e. The average Bonchev–Trinajstić information content (AvgIpc) is 2.32. The topological polar surface area (TPSA) is 61.7 Å². The Morgan fingerprint density at radius 1 is 1.29 bits per heavy atom. The number of benzene rings is 1. The summed E-state index contributed by atoms with van der Waals surface area (Å²) in [6.45, 7) is 4.26. The van der Waals surface area contributed by atoms with E-state index in [-0.39, 0.29) is 17.0 Å². The van der Waals surface area contributed by atoms with E-state index in [0.29, 0.717) is 6.54 Å². The van der Waals surface area contributed by atoms with Crippen molar-refractivity contribution >= 4 is 0 Å². The Morgan fingerprint density at radius 3 is 2.71 bits per heavy atom. The highest BCUT2D eigenvalue weighted by atomic mass is 16.5. The number of rotatable bonds is 3. The lowest BCUT2D eigenvalue weighted by Crippen LogP contribution is -2.46. The lowest BCUT2D eigenvalue weighted by atomic mass is 9.92. The van der Waals surface area contributed by atoms with Crippen LogP contribution in [0.15, 0.2) is 18.2 Å². The normalized spacial score (nSPS) is 19.1.